The van der Waals surface area contributed by atoms with Crippen molar-refractivity contribution in [3.63, 3.8) is 0 Å². The fourth-order valence-corrected chi connectivity index (χ4v) is 1.65. The van der Waals surface area contributed by atoms with Gasteiger partial charge in [-0.1, -0.05) is 6.07 Å². The van der Waals surface area contributed by atoms with Crippen LogP contribution in [0.15, 0.2) is 12.1 Å². The number of hydrogen-bond acceptors (Lipinski definition) is 4. The van der Waals surface area contributed by atoms with Crippen LogP contribution in [-0.4, -0.2) is 29.4 Å². The number of nitrogens with two attached hydrogens (primary N) is 1. The van der Waals surface area contributed by atoms with Gasteiger partial charge in [-0.3, -0.25) is 14.4 Å². The number of hydrogen-bond donors (Lipinski definition) is 2. The van der Waals surface area contributed by atoms with Crippen molar-refractivity contribution >= 4 is 18.2 Å². The molecule has 0 atom stereocenters. The molecule has 0 aliphatic rings. The maximum atomic E-state index is 11.2. The maximum absolute atomic E-state index is 11.2. The number of aldehydes is 1. The Hall–Kier alpha value is -2.37. The molecule has 0 heterocycles. The topological polar surface area (TPSA) is 107 Å². The van der Waals surface area contributed by atoms with Gasteiger partial charge in [-0.15, -0.1) is 0 Å². The summed E-state index contributed by atoms with van der Waals surface area (Å²) in [6, 6.07) is 2.76. The van der Waals surface area contributed by atoms with Crippen LogP contribution in [0.2, 0.25) is 0 Å². The number of rotatable bonds is 6. The van der Waals surface area contributed by atoms with Crippen LogP contribution in [0.5, 0.6) is 5.75 Å². The van der Waals surface area contributed by atoms with Gasteiger partial charge in [0.25, 0.3) is 0 Å². The Balaban J connectivity index is 3.44. The van der Waals surface area contributed by atoms with Crippen molar-refractivity contribution in [1.82, 2.24) is 0 Å². The fourth-order valence-electron chi connectivity index (χ4n) is 1.65. The lowest BCUT2D eigenvalue weighted by molar-refractivity contribution is -0.136. The van der Waals surface area contributed by atoms with Crippen LogP contribution in [0.3, 0.4) is 0 Å². The SMILES string of the molecule is CC(C)Oc1c(CC(=O)O)ccc(C(N)=O)c1C=O. The standard InChI is InChI=1S/C13H15NO5/c1-7(2)19-12-8(5-11(16)17)3-4-9(13(14)18)10(12)6-15/h3-4,6-7H,5H2,1-2H3,(H2,14,18)(H,16,17). The third-order valence-corrected chi connectivity index (χ3v) is 2.36. The predicted octanol–water partition coefficient (Wildman–Crippen LogP) is 1.01. The number of primary amides is 1. The zero-order valence-electron chi connectivity index (χ0n) is 10.7. The molecule has 0 saturated carbocycles. The van der Waals surface area contributed by atoms with E-state index >= 15 is 0 Å². The summed E-state index contributed by atoms with van der Waals surface area (Å²) < 4.78 is 5.46. The first kappa shape index (κ1) is 14.7. The normalized spacial score (nSPS) is 10.3. The molecular weight excluding hydrogens is 250 g/mol. The van der Waals surface area contributed by atoms with Crippen molar-refractivity contribution in [1.29, 1.82) is 0 Å². The van der Waals surface area contributed by atoms with Gasteiger partial charge >= 0.3 is 5.97 Å². The lowest BCUT2D eigenvalue weighted by atomic mass is 10.0. The van der Waals surface area contributed by atoms with Gasteiger partial charge in [-0.05, 0) is 19.9 Å². The first-order valence-electron chi connectivity index (χ1n) is 5.66. The zero-order valence-corrected chi connectivity index (χ0v) is 10.7. The minimum absolute atomic E-state index is 0.0137. The van der Waals surface area contributed by atoms with E-state index < -0.39 is 11.9 Å². The molecule has 6 nitrogen and oxygen atoms in total. The molecular formula is C13H15NO5. The predicted molar refractivity (Wildman–Crippen MR) is 67.5 cm³/mol. The largest absolute Gasteiger partial charge is 0.490 e. The van der Waals surface area contributed by atoms with E-state index in [0.717, 1.165) is 0 Å². The molecule has 0 aliphatic heterocycles. The minimum Gasteiger partial charge on any atom is -0.490 e. The van der Waals surface area contributed by atoms with Crippen molar-refractivity contribution in [2.45, 2.75) is 26.4 Å². The molecule has 0 radical (unpaired) electrons. The van der Waals surface area contributed by atoms with Gasteiger partial charge in [-0.2, -0.15) is 0 Å². The second kappa shape index (κ2) is 5.99. The molecule has 0 aliphatic carbocycles. The molecule has 1 amide bonds. The van der Waals surface area contributed by atoms with Gasteiger partial charge in [0.05, 0.1) is 23.7 Å². The molecule has 6 heteroatoms. The van der Waals surface area contributed by atoms with Crippen LogP contribution in [0.4, 0.5) is 0 Å². The molecule has 0 saturated heterocycles. The van der Waals surface area contributed by atoms with E-state index in [1.54, 1.807) is 13.8 Å². The molecule has 0 fully saturated rings. The van der Waals surface area contributed by atoms with Crippen molar-refractivity contribution in [2.24, 2.45) is 5.73 Å². The quantitative estimate of drug-likeness (QED) is 0.746. The summed E-state index contributed by atoms with van der Waals surface area (Å²) >= 11 is 0. The molecule has 0 aromatic heterocycles. The molecule has 19 heavy (non-hydrogen) atoms. The zero-order chi connectivity index (χ0) is 14.6. The van der Waals surface area contributed by atoms with E-state index in [9.17, 15) is 14.4 Å². The van der Waals surface area contributed by atoms with E-state index in [2.05, 4.69) is 0 Å². The summed E-state index contributed by atoms with van der Waals surface area (Å²) in [4.78, 5) is 33.2. The van der Waals surface area contributed by atoms with E-state index in [1.165, 1.54) is 12.1 Å². The Morgan fingerprint density at radius 3 is 2.47 bits per heavy atom. The van der Waals surface area contributed by atoms with Gasteiger partial charge in [-0.25, -0.2) is 0 Å². The maximum Gasteiger partial charge on any atom is 0.307 e. The summed E-state index contributed by atoms with van der Waals surface area (Å²) in [5.41, 5.74) is 5.50. The van der Waals surface area contributed by atoms with Crippen LogP contribution in [0, 0.1) is 0 Å². The summed E-state index contributed by atoms with van der Waals surface area (Å²) in [6.07, 6.45) is -0.125. The van der Waals surface area contributed by atoms with Gasteiger partial charge in [0.2, 0.25) is 5.91 Å². The number of carboxylic acids is 1. The highest BCUT2D eigenvalue weighted by Gasteiger charge is 2.19. The molecule has 0 unspecified atom stereocenters. The van der Waals surface area contributed by atoms with Crippen molar-refractivity contribution in [3.05, 3.63) is 28.8 Å². The van der Waals surface area contributed by atoms with Crippen molar-refractivity contribution in [3.8, 4) is 5.75 Å². The highest BCUT2D eigenvalue weighted by Crippen LogP contribution is 2.27. The first-order valence-corrected chi connectivity index (χ1v) is 5.66. The highest BCUT2D eigenvalue weighted by atomic mass is 16.5. The molecule has 1 rings (SSSR count). The number of carboxylic acid groups (broad SMARTS) is 1. The van der Waals surface area contributed by atoms with Crippen LogP contribution in [0.1, 0.15) is 40.1 Å². The highest BCUT2D eigenvalue weighted by molar-refractivity contribution is 6.02. The Bertz CT molecular complexity index is 522. The second-order valence-corrected chi connectivity index (χ2v) is 4.23. The number of ether oxygens (including phenoxy) is 1. The number of aliphatic carboxylic acids is 1. The molecule has 1 aromatic carbocycles. The average Bonchev–Trinajstić information content (AvgIpc) is 2.29. The van der Waals surface area contributed by atoms with Crippen molar-refractivity contribution in [2.75, 3.05) is 0 Å². The molecule has 0 spiro atoms. The molecule has 1 aromatic rings. The molecule has 102 valence electrons. The lowest BCUT2D eigenvalue weighted by Gasteiger charge is -2.17. The number of carbonyl (C=O) groups excluding carboxylic acids is 2. The van der Waals surface area contributed by atoms with Gasteiger partial charge in [0, 0.05) is 5.56 Å². The fraction of sp³-hybridized carbons (Fsp3) is 0.308. The Morgan fingerprint density at radius 1 is 1.42 bits per heavy atom. The monoisotopic (exact) mass is 265 g/mol. The first-order chi connectivity index (χ1) is 8.86. The van der Waals surface area contributed by atoms with E-state index in [1.807, 2.05) is 0 Å². The van der Waals surface area contributed by atoms with Crippen LogP contribution in [-0.2, 0) is 11.2 Å². The van der Waals surface area contributed by atoms with Gasteiger partial charge in [0.1, 0.15) is 5.75 Å². The van der Waals surface area contributed by atoms with Gasteiger partial charge in [0.15, 0.2) is 6.29 Å². The average molecular weight is 265 g/mol. The lowest BCUT2D eigenvalue weighted by Crippen LogP contribution is -2.18. The van der Waals surface area contributed by atoms with Gasteiger partial charge < -0.3 is 15.6 Å². The van der Waals surface area contributed by atoms with Crippen molar-refractivity contribution < 1.29 is 24.2 Å². The summed E-state index contributed by atoms with van der Waals surface area (Å²) in [5, 5.41) is 8.83. The third-order valence-electron chi connectivity index (χ3n) is 2.36. The minimum atomic E-state index is -1.06. The van der Waals surface area contributed by atoms with Crippen LogP contribution < -0.4 is 10.5 Å². The third kappa shape index (κ3) is 3.54. The number of amides is 1. The van der Waals surface area contributed by atoms with E-state index in [4.69, 9.17) is 15.6 Å². The summed E-state index contributed by atoms with van der Waals surface area (Å²) in [5.74, 6) is -1.72. The molecule has 0 bridgehead atoms. The second-order valence-electron chi connectivity index (χ2n) is 4.23. The summed E-state index contributed by atoms with van der Waals surface area (Å²) in [7, 11) is 0. The van der Waals surface area contributed by atoms with E-state index in [0.29, 0.717) is 11.8 Å². The Morgan fingerprint density at radius 2 is 2.05 bits per heavy atom. The Labute approximate surface area is 110 Å². The smallest absolute Gasteiger partial charge is 0.307 e. The van der Waals surface area contributed by atoms with Crippen LogP contribution >= 0.6 is 0 Å². The Kier molecular flexibility index (Phi) is 4.63. The number of carbonyl (C=O) groups is 3. The molecule has 3 N–H and O–H groups in total. The van der Waals surface area contributed by atoms with E-state index in [-0.39, 0.29) is 29.4 Å². The number of benzene rings is 1. The summed E-state index contributed by atoms with van der Waals surface area (Å²) in [6.45, 7) is 3.46. The van der Waals surface area contributed by atoms with Crippen LogP contribution in [0.25, 0.3) is 0 Å².